The highest BCUT2D eigenvalue weighted by atomic mass is 19.0. The summed E-state index contributed by atoms with van der Waals surface area (Å²) in [5.41, 5.74) is 0. The van der Waals surface area contributed by atoms with E-state index in [1.54, 1.807) is 0 Å². The van der Waals surface area contributed by atoms with E-state index in [-0.39, 0.29) is 27.2 Å². The van der Waals surface area contributed by atoms with Crippen molar-refractivity contribution >= 4 is 8.41 Å². The molecule has 16 heavy (non-hydrogen) atoms. The molecule has 0 saturated carbocycles. The smallest absolute Gasteiger partial charge is 0.0512 e. The maximum Gasteiger partial charge on any atom is 0.0512 e. The fraction of sp³-hybridized carbons (Fsp3) is 1.00. The van der Waals surface area contributed by atoms with Crippen LogP contribution in [0.4, 0.5) is 18.8 Å². The maximum atomic E-state index is 2.51. The molecule has 1 rings (SSSR count). The van der Waals surface area contributed by atoms with Gasteiger partial charge in [-0.15, -0.1) is 0 Å². The molecule has 1 aliphatic heterocycles. The Morgan fingerprint density at radius 3 is 1.06 bits per heavy atom. The monoisotopic (exact) mass is 247 g/mol. The molecule has 0 amide bonds. The van der Waals surface area contributed by atoms with Crippen LogP contribution in [0.5, 0.6) is 0 Å². The van der Waals surface area contributed by atoms with E-state index in [0.717, 1.165) is 6.67 Å². The van der Waals surface area contributed by atoms with E-state index in [2.05, 4.69) is 37.5 Å². The van der Waals surface area contributed by atoms with Crippen molar-refractivity contribution in [3.05, 3.63) is 0 Å². The number of hydrogen-bond donors (Lipinski definition) is 0. The zero-order valence-corrected chi connectivity index (χ0v) is 10.4. The summed E-state index contributed by atoms with van der Waals surface area (Å²) in [7, 11) is 0. The summed E-state index contributed by atoms with van der Waals surface area (Å²) < 4.78 is 0. The summed E-state index contributed by atoms with van der Waals surface area (Å²) in [6.45, 7) is 12.7. The fourth-order valence-electron chi connectivity index (χ4n) is 1.47. The predicted octanol–water partition coefficient (Wildman–Crippen LogP) is 1.61. The second-order valence-corrected chi connectivity index (χ2v) is 3.95. The summed E-state index contributed by atoms with van der Waals surface area (Å²) >= 11 is 0. The number of rotatable bonds is 2. The summed E-state index contributed by atoms with van der Waals surface area (Å²) in [6, 6.07) is 1.41. The van der Waals surface area contributed by atoms with Crippen molar-refractivity contribution in [2.45, 2.75) is 39.8 Å². The summed E-state index contributed by atoms with van der Waals surface area (Å²) in [5.74, 6) is 0. The predicted molar refractivity (Wildman–Crippen MR) is 64.3 cm³/mol. The van der Waals surface area contributed by atoms with Crippen LogP contribution < -0.4 is 0 Å². The van der Waals surface area contributed by atoms with E-state index in [4.69, 9.17) is 0 Å². The van der Waals surface area contributed by atoms with Gasteiger partial charge in [0.15, 0.2) is 0 Å². The van der Waals surface area contributed by atoms with E-state index in [1.165, 1.54) is 13.1 Å². The van der Waals surface area contributed by atoms with Gasteiger partial charge < -0.3 is 0 Å². The van der Waals surface area contributed by atoms with E-state index in [1.807, 2.05) is 0 Å². The largest absolute Gasteiger partial charge is 0.287 e. The van der Waals surface area contributed by atoms with Gasteiger partial charge >= 0.3 is 0 Å². The topological polar surface area (TPSA) is 6.48 Å². The van der Waals surface area contributed by atoms with Crippen LogP contribution in [-0.2, 0) is 0 Å². The molecule has 0 spiro atoms. The highest BCUT2D eigenvalue weighted by Gasteiger charge is 2.22. The lowest BCUT2D eigenvalue weighted by molar-refractivity contribution is 0.187. The van der Waals surface area contributed by atoms with E-state index >= 15 is 0 Å². The first kappa shape index (κ1) is 29.6. The van der Waals surface area contributed by atoms with Crippen molar-refractivity contribution in [3.8, 4) is 0 Å². The van der Waals surface area contributed by atoms with Crippen LogP contribution in [0, 0.1) is 0 Å². The molecule has 0 aromatic rings. The zero-order chi connectivity index (χ0) is 8.43. The van der Waals surface area contributed by atoms with Gasteiger partial charge in [-0.1, -0.05) is 0 Å². The first-order chi connectivity index (χ1) is 5.11. The van der Waals surface area contributed by atoms with Gasteiger partial charge in [0.2, 0.25) is 0 Å². The van der Waals surface area contributed by atoms with Crippen molar-refractivity contribution in [2.24, 2.45) is 0 Å². The van der Waals surface area contributed by atoms with Gasteiger partial charge in [-0.3, -0.25) is 28.6 Å². The molecule has 0 bridgehead atoms. The molecule has 0 aromatic carbocycles. The number of hydrogen-bond acceptors (Lipinski definition) is 2. The molecular formula is C9H24BF4N2. The number of halogens is 4. The lowest BCUT2D eigenvalue weighted by Crippen LogP contribution is -2.33. The molecule has 1 aliphatic rings. The SMILES string of the molecule is CC(C)N1CCN(C(C)C)C1.F.F.F.F.[B]. The third kappa shape index (κ3) is 7.93. The van der Waals surface area contributed by atoms with E-state index in [0.29, 0.717) is 12.1 Å². The lowest BCUT2D eigenvalue weighted by Gasteiger charge is -2.23. The van der Waals surface area contributed by atoms with Crippen molar-refractivity contribution in [3.63, 3.8) is 0 Å². The maximum absolute atomic E-state index is 2.51. The Balaban J connectivity index is -0.0000000807. The Hall–Kier alpha value is -0.295. The first-order valence-electron chi connectivity index (χ1n) is 4.59. The molecule has 0 aromatic heterocycles. The van der Waals surface area contributed by atoms with Gasteiger partial charge in [-0.05, 0) is 27.7 Å². The van der Waals surface area contributed by atoms with Crippen LogP contribution in [0.3, 0.4) is 0 Å². The molecule has 2 nitrogen and oxygen atoms in total. The fourth-order valence-corrected chi connectivity index (χ4v) is 1.47. The second-order valence-electron chi connectivity index (χ2n) is 3.95. The molecule has 0 atom stereocenters. The van der Waals surface area contributed by atoms with Crippen LogP contribution in [-0.4, -0.2) is 50.1 Å². The Labute approximate surface area is 97.4 Å². The molecule has 3 radical (unpaired) electrons. The third-order valence-corrected chi connectivity index (χ3v) is 2.50. The summed E-state index contributed by atoms with van der Waals surface area (Å²) in [5, 5.41) is 0. The van der Waals surface area contributed by atoms with Crippen LogP contribution in [0.2, 0.25) is 0 Å². The second kappa shape index (κ2) is 12.8. The minimum absolute atomic E-state index is 0. The third-order valence-electron chi connectivity index (χ3n) is 2.50. The van der Waals surface area contributed by atoms with Crippen molar-refractivity contribution < 1.29 is 18.8 Å². The average molecular weight is 247 g/mol. The minimum Gasteiger partial charge on any atom is -0.287 e. The van der Waals surface area contributed by atoms with Gasteiger partial charge in [0.1, 0.15) is 0 Å². The van der Waals surface area contributed by atoms with E-state index in [9.17, 15) is 0 Å². The normalized spacial score (nSPS) is 15.4. The number of nitrogens with zero attached hydrogens (tertiary/aromatic N) is 2. The van der Waals surface area contributed by atoms with Gasteiger partial charge in [0.05, 0.1) is 6.67 Å². The van der Waals surface area contributed by atoms with Crippen molar-refractivity contribution in [1.29, 1.82) is 0 Å². The van der Waals surface area contributed by atoms with Crippen LogP contribution >= 0.6 is 0 Å². The summed E-state index contributed by atoms with van der Waals surface area (Å²) in [4.78, 5) is 5.03. The van der Waals surface area contributed by atoms with Gasteiger partial charge in [-0.2, -0.15) is 0 Å². The Bertz CT molecular complexity index is 125. The molecule has 0 N–H and O–H groups in total. The Morgan fingerprint density at radius 2 is 0.938 bits per heavy atom. The van der Waals surface area contributed by atoms with Crippen LogP contribution in [0.1, 0.15) is 27.7 Å². The highest BCUT2D eigenvalue weighted by molar-refractivity contribution is 5.75. The van der Waals surface area contributed by atoms with Crippen LogP contribution in [0.15, 0.2) is 0 Å². The lowest BCUT2D eigenvalue weighted by atomic mass is 10.3. The molecular weight excluding hydrogens is 223 g/mol. The van der Waals surface area contributed by atoms with Gasteiger partial charge in [0, 0.05) is 33.6 Å². The molecule has 101 valence electrons. The van der Waals surface area contributed by atoms with Gasteiger partial charge in [-0.25, -0.2) is 0 Å². The quantitative estimate of drug-likeness (QED) is 0.540. The first-order valence-corrected chi connectivity index (χ1v) is 4.59. The summed E-state index contributed by atoms with van der Waals surface area (Å²) in [6.07, 6.45) is 0. The standard InChI is InChI=1S/C9H20N2.B.4FH/c1-8(2)10-5-6-11(7-10)9(3)4;;;;;/h8-9H,5-7H2,1-4H3;;4*1H. The minimum atomic E-state index is 0. The van der Waals surface area contributed by atoms with Gasteiger partial charge in [0.25, 0.3) is 0 Å². The molecule has 1 fully saturated rings. The molecule has 7 heteroatoms. The van der Waals surface area contributed by atoms with Crippen LogP contribution in [0.25, 0.3) is 0 Å². The average Bonchev–Trinajstić information content (AvgIpc) is 2.33. The molecule has 1 heterocycles. The molecule has 1 saturated heterocycles. The highest BCUT2D eigenvalue weighted by Crippen LogP contribution is 2.11. The van der Waals surface area contributed by atoms with Crippen molar-refractivity contribution in [2.75, 3.05) is 19.8 Å². The zero-order valence-electron chi connectivity index (χ0n) is 10.4. The Morgan fingerprint density at radius 1 is 0.688 bits per heavy atom. The van der Waals surface area contributed by atoms with Crippen molar-refractivity contribution in [1.82, 2.24) is 9.80 Å². The molecule has 0 aliphatic carbocycles. The molecule has 0 unspecified atom stereocenters. The Kier molecular flexibility index (Phi) is 23.7. The van der Waals surface area contributed by atoms with E-state index < -0.39 is 0 Å².